The molecule has 0 saturated carbocycles. The van der Waals surface area contributed by atoms with Crippen molar-refractivity contribution in [1.82, 2.24) is 5.32 Å². The van der Waals surface area contributed by atoms with Gasteiger partial charge in [-0.3, -0.25) is 4.79 Å². The fourth-order valence-electron chi connectivity index (χ4n) is 1.53. The monoisotopic (exact) mass is 172 g/mol. The number of hydrogen-bond acceptors (Lipinski definition) is 4. The van der Waals surface area contributed by atoms with Crippen LogP contribution in [0.25, 0.3) is 0 Å². The van der Waals surface area contributed by atoms with E-state index in [1.165, 1.54) is 7.11 Å². The van der Waals surface area contributed by atoms with E-state index in [1.807, 2.05) is 0 Å². The van der Waals surface area contributed by atoms with E-state index >= 15 is 0 Å². The fraction of sp³-hybridized carbons (Fsp3) is 0.875. The van der Waals surface area contributed by atoms with E-state index in [-0.39, 0.29) is 5.97 Å². The number of piperidine rings is 1. The van der Waals surface area contributed by atoms with Gasteiger partial charge in [-0.05, 0) is 31.8 Å². The highest BCUT2D eigenvalue weighted by Crippen LogP contribution is 2.15. The van der Waals surface area contributed by atoms with E-state index in [4.69, 9.17) is 5.73 Å². The summed E-state index contributed by atoms with van der Waals surface area (Å²) in [5, 5.41) is 3.22. The Labute approximate surface area is 72.5 Å². The molecule has 4 nitrogen and oxygen atoms in total. The maximum absolute atomic E-state index is 11.0. The molecule has 1 unspecified atom stereocenters. The van der Waals surface area contributed by atoms with Crippen LogP contribution in [0.2, 0.25) is 0 Å². The number of nitrogens with two attached hydrogens (primary N) is 1. The lowest BCUT2D eigenvalue weighted by molar-refractivity contribution is -0.143. The van der Waals surface area contributed by atoms with E-state index in [9.17, 15) is 4.79 Å². The van der Waals surface area contributed by atoms with Gasteiger partial charge >= 0.3 is 5.97 Å². The molecule has 0 spiro atoms. The van der Waals surface area contributed by atoms with Crippen LogP contribution in [-0.4, -0.2) is 32.2 Å². The van der Waals surface area contributed by atoms with Gasteiger partial charge in [-0.25, -0.2) is 0 Å². The maximum atomic E-state index is 11.0. The van der Waals surface area contributed by atoms with Crippen LogP contribution in [0.5, 0.6) is 0 Å². The van der Waals surface area contributed by atoms with E-state index in [0.717, 1.165) is 25.9 Å². The van der Waals surface area contributed by atoms with Crippen molar-refractivity contribution in [2.24, 2.45) is 11.7 Å². The van der Waals surface area contributed by atoms with Crippen LogP contribution < -0.4 is 11.1 Å². The first-order chi connectivity index (χ1) is 5.75. The third-order valence-electron chi connectivity index (χ3n) is 2.37. The molecule has 0 aromatic carbocycles. The van der Waals surface area contributed by atoms with E-state index in [1.54, 1.807) is 0 Å². The van der Waals surface area contributed by atoms with Crippen LogP contribution in [0.15, 0.2) is 0 Å². The average Bonchev–Trinajstić information content (AvgIpc) is 2.17. The first-order valence-corrected chi connectivity index (χ1v) is 4.30. The highest BCUT2D eigenvalue weighted by molar-refractivity contribution is 5.75. The van der Waals surface area contributed by atoms with Gasteiger partial charge in [-0.1, -0.05) is 0 Å². The lowest BCUT2D eigenvalue weighted by Gasteiger charge is -2.26. The molecule has 0 bridgehead atoms. The molecule has 1 rings (SSSR count). The topological polar surface area (TPSA) is 64.3 Å². The highest BCUT2D eigenvalue weighted by Gasteiger charge is 2.26. The summed E-state index contributed by atoms with van der Waals surface area (Å²) >= 11 is 0. The summed E-state index contributed by atoms with van der Waals surface area (Å²) in [6, 6.07) is -0.433. The summed E-state index contributed by atoms with van der Waals surface area (Å²) in [5.74, 6) is 0.000556. The van der Waals surface area contributed by atoms with Crippen molar-refractivity contribution in [3.05, 3.63) is 0 Å². The molecule has 70 valence electrons. The van der Waals surface area contributed by atoms with Crippen molar-refractivity contribution >= 4 is 5.97 Å². The minimum atomic E-state index is -0.433. The number of methoxy groups -OCH3 is 1. The van der Waals surface area contributed by atoms with Crippen LogP contribution in [-0.2, 0) is 9.53 Å². The third kappa shape index (κ3) is 2.19. The van der Waals surface area contributed by atoms with Gasteiger partial charge in [0.1, 0.15) is 6.04 Å². The number of ether oxygens (including phenoxy) is 1. The molecule has 1 aliphatic heterocycles. The van der Waals surface area contributed by atoms with Crippen LogP contribution in [0.4, 0.5) is 0 Å². The third-order valence-corrected chi connectivity index (χ3v) is 2.37. The highest BCUT2D eigenvalue weighted by atomic mass is 16.5. The molecule has 1 saturated heterocycles. The lowest BCUT2D eigenvalue weighted by atomic mass is 9.91. The number of carbonyl (C=O) groups excluding carboxylic acids is 1. The van der Waals surface area contributed by atoms with Gasteiger partial charge in [-0.2, -0.15) is 0 Å². The minimum absolute atomic E-state index is 0.290. The second-order valence-electron chi connectivity index (χ2n) is 3.14. The predicted molar refractivity (Wildman–Crippen MR) is 45.6 cm³/mol. The van der Waals surface area contributed by atoms with Gasteiger partial charge in [0.2, 0.25) is 0 Å². The summed E-state index contributed by atoms with van der Waals surface area (Å²) in [6.45, 7) is 1.91. The van der Waals surface area contributed by atoms with Crippen LogP contribution >= 0.6 is 0 Å². The Hall–Kier alpha value is -0.610. The molecule has 1 fully saturated rings. The zero-order valence-corrected chi connectivity index (χ0v) is 7.38. The molecular formula is C8H16N2O2. The van der Waals surface area contributed by atoms with Gasteiger partial charge in [-0.15, -0.1) is 0 Å². The molecule has 3 N–H and O–H groups in total. The summed E-state index contributed by atoms with van der Waals surface area (Å²) in [7, 11) is 1.38. The average molecular weight is 172 g/mol. The first kappa shape index (κ1) is 9.48. The molecular weight excluding hydrogens is 156 g/mol. The van der Waals surface area contributed by atoms with Gasteiger partial charge < -0.3 is 15.8 Å². The van der Waals surface area contributed by atoms with Crippen molar-refractivity contribution in [1.29, 1.82) is 0 Å². The molecule has 0 aromatic rings. The minimum Gasteiger partial charge on any atom is -0.468 e. The summed E-state index contributed by atoms with van der Waals surface area (Å²) < 4.78 is 4.58. The molecule has 1 heterocycles. The number of hydrogen-bond donors (Lipinski definition) is 2. The van der Waals surface area contributed by atoms with Gasteiger partial charge in [0.25, 0.3) is 0 Å². The molecule has 0 aliphatic carbocycles. The van der Waals surface area contributed by atoms with Crippen LogP contribution in [0.3, 0.4) is 0 Å². The van der Waals surface area contributed by atoms with E-state index < -0.39 is 6.04 Å². The number of esters is 1. The van der Waals surface area contributed by atoms with Crippen molar-refractivity contribution in [3.8, 4) is 0 Å². The second kappa shape index (κ2) is 4.42. The lowest BCUT2D eigenvalue weighted by Crippen LogP contribution is -2.43. The van der Waals surface area contributed by atoms with E-state index in [0.29, 0.717) is 5.92 Å². The summed E-state index contributed by atoms with van der Waals surface area (Å²) in [5.41, 5.74) is 5.70. The molecule has 0 radical (unpaired) electrons. The first-order valence-electron chi connectivity index (χ1n) is 4.30. The summed E-state index contributed by atoms with van der Waals surface area (Å²) in [4.78, 5) is 11.0. The van der Waals surface area contributed by atoms with Crippen LogP contribution in [0, 0.1) is 5.92 Å². The normalized spacial score (nSPS) is 21.8. The maximum Gasteiger partial charge on any atom is 0.322 e. The van der Waals surface area contributed by atoms with Crippen molar-refractivity contribution in [2.75, 3.05) is 20.2 Å². The zero-order chi connectivity index (χ0) is 8.97. The Kier molecular flexibility index (Phi) is 3.49. The Morgan fingerprint density at radius 2 is 2.17 bits per heavy atom. The Bertz CT molecular complexity index is 155. The largest absolute Gasteiger partial charge is 0.468 e. The van der Waals surface area contributed by atoms with E-state index in [2.05, 4.69) is 10.1 Å². The predicted octanol–water partition coefficient (Wildman–Crippen LogP) is -0.514. The second-order valence-corrected chi connectivity index (χ2v) is 3.14. The Balaban J connectivity index is 2.39. The molecule has 0 amide bonds. The Morgan fingerprint density at radius 1 is 1.58 bits per heavy atom. The molecule has 0 aromatic heterocycles. The SMILES string of the molecule is COC(=O)C(N)C1CCNCC1. The van der Waals surface area contributed by atoms with Crippen LogP contribution in [0.1, 0.15) is 12.8 Å². The molecule has 1 aliphatic rings. The number of nitrogens with one attached hydrogen (secondary N) is 1. The zero-order valence-electron chi connectivity index (χ0n) is 7.38. The fourth-order valence-corrected chi connectivity index (χ4v) is 1.53. The van der Waals surface area contributed by atoms with Crippen molar-refractivity contribution in [3.63, 3.8) is 0 Å². The Morgan fingerprint density at radius 3 is 2.67 bits per heavy atom. The van der Waals surface area contributed by atoms with Gasteiger partial charge in [0.15, 0.2) is 0 Å². The van der Waals surface area contributed by atoms with Gasteiger partial charge in [0.05, 0.1) is 7.11 Å². The smallest absolute Gasteiger partial charge is 0.322 e. The molecule has 4 heteroatoms. The summed E-state index contributed by atoms with van der Waals surface area (Å²) in [6.07, 6.45) is 1.94. The molecule has 12 heavy (non-hydrogen) atoms. The molecule has 1 atom stereocenters. The van der Waals surface area contributed by atoms with Crippen molar-refractivity contribution < 1.29 is 9.53 Å². The quantitative estimate of drug-likeness (QED) is 0.550. The standard InChI is InChI=1S/C8H16N2O2/c1-12-8(11)7(9)6-2-4-10-5-3-6/h6-7,10H,2-5,9H2,1H3. The van der Waals surface area contributed by atoms with Crippen molar-refractivity contribution in [2.45, 2.75) is 18.9 Å². The number of carbonyl (C=O) groups is 1. The van der Waals surface area contributed by atoms with Gasteiger partial charge in [0, 0.05) is 0 Å². The number of rotatable bonds is 2.